The van der Waals surface area contributed by atoms with Crippen LogP contribution in [0.4, 0.5) is 4.39 Å². The van der Waals surface area contributed by atoms with Crippen LogP contribution in [0.25, 0.3) is 11.4 Å². The highest BCUT2D eigenvalue weighted by molar-refractivity contribution is 6.31. The number of hydrogen-bond acceptors (Lipinski definition) is 5. The molecule has 0 radical (unpaired) electrons. The highest BCUT2D eigenvalue weighted by atomic mass is 35.5. The minimum atomic E-state index is -0.896. The van der Waals surface area contributed by atoms with Gasteiger partial charge in [-0.2, -0.15) is 4.98 Å². The van der Waals surface area contributed by atoms with Crippen molar-refractivity contribution in [3.63, 3.8) is 0 Å². The molecule has 0 spiro atoms. The lowest BCUT2D eigenvalue weighted by molar-refractivity contribution is 0.127. The number of benzene rings is 1. The van der Waals surface area contributed by atoms with Gasteiger partial charge in [-0.25, -0.2) is 4.39 Å². The molecule has 0 aliphatic rings. The Labute approximate surface area is 107 Å². The number of nitrogens with zero attached hydrogens (tertiary/aromatic N) is 2. The molecule has 1 aromatic heterocycles. The second-order valence-electron chi connectivity index (χ2n) is 3.68. The Morgan fingerprint density at radius 3 is 2.94 bits per heavy atom. The van der Waals surface area contributed by atoms with E-state index in [-0.39, 0.29) is 16.7 Å². The monoisotopic (exact) mass is 271 g/mol. The summed E-state index contributed by atoms with van der Waals surface area (Å²) < 4.78 is 17.9. The summed E-state index contributed by atoms with van der Waals surface area (Å²) in [5, 5.41) is 13.3. The molecule has 0 saturated heterocycles. The van der Waals surface area contributed by atoms with E-state index in [0.29, 0.717) is 18.5 Å². The lowest BCUT2D eigenvalue weighted by Gasteiger charge is -2.01. The summed E-state index contributed by atoms with van der Waals surface area (Å²) >= 11 is 5.66. The van der Waals surface area contributed by atoms with E-state index in [0.717, 1.165) is 0 Å². The summed E-state index contributed by atoms with van der Waals surface area (Å²) in [6, 6.07) is 4.08. The van der Waals surface area contributed by atoms with E-state index in [1.165, 1.54) is 18.2 Å². The number of halogens is 2. The molecule has 1 aromatic carbocycles. The normalized spacial score (nSPS) is 12.7. The van der Waals surface area contributed by atoms with Crippen LogP contribution in [0.5, 0.6) is 0 Å². The van der Waals surface area contributed by atoms with E-state index in [1.807, 2.05) is 0 Å². The van der Waals surface area contributed by atoms with Gasteiger partial charge in [-0.05, 0) is 31.2 Å². The Bertz CT molecular complexity index is 547. The first-order valence-electron chi connectivity index (χ1n) is 5.29. The molecule has 5 nitrogen and oxygen atoms in total. The van der Waals surface area contributed by atoms with Gasteiger partial charge in [-0.15, -0.1) is 0 Å². The number of aromatic nitrogens is 2. The van der Waals surface area contributed by atoms with Crippen LogP contribution in [0, 0.1) is 5.82 Å². The molecule has 96 valence electrons. The van der Waals surface area contributed by atoms with E-state index < -0.39 is 11.9 Å². The lowest BCUT2D eigenvalue weighted by Crippen LogP contribution is -2.06. The predicted octanol–water partition coefficient (Wildman–Crippen LogP) is 1.91. The molecule has 0 aliphatic heterocycles. The largest absolute Gasteiger partial charge is 0.383 e. The van der Waals surface area contributed by atoms with Gasteiger partial charge in [-0.3, -0.25) is 0 Å². The zero-order chi connectivity index (χ0) is 13.1. The first-order chi connectivity index (χ1) is 8.61. The fraction of sp³-hybridized carbons (Fsp3) is 0.273. The molecule has 2 aromatic rings. The predicted molar refractivity (Wildman–Crippen MR) is 63.3 cm³/mol. The smallest absolute Gasteiger partial charge is 0.255 e. The summed E-state index contributed by atoms with van der Waals surface area (Å²) in [5.74, 6) is -0.203. The number of aliphatic hydroxyl groups excluding tert-OH is 1. The van der Waals surface area contributed by atoms with Gasteiger partial charge >= 0.3 is 0 Å². The van der Waals surface area contributed by atoms with Crippen molar-refractivity contribution >= 4 is 11.6 Å². The van der Waals surface area contributed by atoms with Crippen molar-refractivity contribution in [3.8, 4) is 11.4 Å². The van der Waals surface area contributed by atoms with Crippen LogP contribution in [0.1, 0.15) is 18.4 Å². The first-order valence-corrected chi connectivity index (χ1v) is 5.66. The third-order valence-corrected chi connectivity index (χ3v) is 2.63. The van der Waals surface area contributed by atoms with Crippen molar-refractivity contribution in [3.05, 3.63) is 34.9 Å². The topological polar surface area (TPSA) is 85.2 Å². The highest BCUT2D eigenvalue weighted by Crippen LogP contribution is 2.24. The fourth-order valence-electron chi connectivity index (χ4n) is 1.40. The molecule has 3 N–H and O–H groups in total. The average molecular weight is 272 g/mol. The number of hydrogen-bond donors (Lipinski definition) is 2. The van der Waals surface area contributed by atoms with Crippen molar-refractivity contribution in [1.29, 1.82) is 0 Å². The van der Waals surface area contributed by atoms with Crippen LogP contribution in [0.2, 0.25) is 5.02 Å². The molecule has 0 amide bonds. The van der Waals surface area contributed by atoms with Gasteiger partial charge in [0.25, 0.3) is 5.89 Å². The summed E-state index contributed by atoms with van der Waals surface area (Å²) in [4.78, 5) is 4.01. The molecule has 1 atom stereocenters. The molecular formula is C11H11ClFN3O2. The van der Waals surface area contributed by atoms with Gasteiger partial charge in [0.15, 0.2) is 0 Å². The van der Waals surface area contributed by atoms with Crippen LogP contribution in [0.3, 0.4) is 0 Å². The molecule has 1 heterocycles. The SMILES string of the molecule is NCC[C@H](O)c1nc(-c2ccc(F)c(Cl)c2)no1. The van der Waals surface area contributed by atoms with Gasteiger partial charge in [-0.1, -0.05) is 16.8 Å². The Kier molecular flexibility index (Phi) is 3.90. The number of aliphatic hydroxyl groups is 1. The zero-order valence-corrected chi connectivity index (χ0v) is 10.1. The van der Waals surface area contributed by atoms with E-state index in [1.54, 1.807) is 0 Å². The van der Waals surface area contributed by atoms with Crippen LogP contribution >= 0.6 is 11.6 Å². The summed E-state index contributed by atoms with van der Waals surface area (Å²) in [7, 11) is 0. The fourth-order valence-corrected chi connectivity index (χ4v) is 1.58. The van der Waals surface area contributed by atoms with E-state index in [4.69, 9.17) is 21.9 Å². The van der Waals surface area contributed by atoms with Gasteiger partial charge < -0.3 is 15.4 Å². The molecule has 0 bridgehead atoms. The zero-order valence-electron chi connectivity index (χ0n) is 9.31. The summed E-state index contributed by atoms with van der Waals surface area (Å²) in [5.41, 5.74) is 5.82. The molecule has 2 rings (SSSR count). The third-order valence-electron chi connectivity index (χ3n) is 2.34. The molecule has 0 saturated carbocycles. The first kappa shape index (κ1) is 12.9. The van der Waals surface area contributed by atoms with Crippen LogP contribution in [0.15, 0.2) is 22.7 Å². The van der Waals surface area contributed by atoms with Gasteiger partial charge in [0.2, 0.25) is 5.82 Å². The molecule has 7 heteroatoms. The van der Waals surface area contributed by atoms with Gasteiger partial charge in [0, 0.05) is 5.56 Å². The van der Waals surface area contributed by atoms with E-state index in [2.05, 4.69) is 10.1 Å². The van der Waals surface area contributed by atoms with Crippen LogP contribution in [-0.4, -0.2) is 21.8 Å². The second kappa shape index (κ2) is 5.43. The van der Waals surface area contributed by atoms with Crippen molar-refractivity contribution in [2.75, 3.05) is 6.54 Å². The highest BCUT2D eigenvalue weighted by Gasteiger charge is 2.16. The standard InChI is InChI=1S/C11H11ClFN3O2/c12-7-5-6(1-2-8(7)13)10-15-11(18-16-10)9(17)3-4-14/h1-2,5,9,17H,3-4,14H2/t9-/m0/s1. The maximum atomic E-state index is 13.0. The van der Waals surface area contributed by atoms with Gasteiger partial charge in [0.05, 0.1) is 5.02 Å². The maximum Gasteiger partial charge on any atom is 0.255 e. The maximum absolute atomic E-state index is 13.0. The number of nitrogens with two attached hydrogens (primary N) is 1. The molecular weight excluding hydrogens is 261 g/mol. The molecule has 0 aliphatic carbocycles. The van der Waals surface area contributed by atoms with Crippen molar-refractivity contribution in [2.45, 2.75) is 12.5 Å². The van der Waals surface area contributed by atoms with Crippen LogP contribution < -0.4 is 5.73 Å². The van der Waals surface area contributed by atoms with Crippen molar-refractivity contribution < 1.29 is 14.0 Å². The summed E-state index contributed by atoms with van der Waals surface area (Å²) in [6.07, 6.45) is -0.571. The molecule has 0 unspecified atom stereocenters. The average Bonchev–Trinajstić information content (AvgIpc) is 2.82. The Morgan fingerprint density at radius 1 is 1.50 bits per heavy atom. The lowest BCUT2D eigenvalue weighted by atomic mass is 10.2. The quantitative estimate of drug-likeness (QED) is 0.887. The number of rotatable bonds is 4. The van der Waals surface area contributed by atoms with E-state index >= 15 is 0 Å². The van der Waals surface area contributed by atoms with E-state index in [9.17, 15) is 9.50 Å². The second-order valence-corrected chi connectivity index (χ2v) is 4.09. The third kappa shape index (κ3) is 2.66. The Balaban J connectivity index is 2.26. The Morgan fingerprint density at radius 2 is 2.28 bits per heavy atom. The van der Waals surface area contributed by atoms with Crippen molar-refractivity contribution in [2.24, 2.45) is 5.73 Å². The summed E-state index contributed by atoms with van der Waals surface area (Å²) in [6.45, 7) is 0.307. The van der Waals surface area contributed by atoms with Gasteiger partial charge in [0.1, 0.15) is 11.9 Å². The molecule has 0 fully saturated rings. The minimum Gasteiger partial charge on any atom is -0.383 e. The molecule has 18 heavy (non-hydrogen) atoms. The Hall–Kier alpha value is -1.50. The van der Waals surface area contributed by atoms with Crippen molar-refractivity contribution in [1.82, 2.24) is 10.1 Å². The minimum absolute atomic E-state index is 0.0265. The van der Waals surface area contributed by atoms with Crippen LogP contribution in [-0.2, 0) is 0 Å².